The monoisotopic (exact) mass is 437 g/mol. The van der Waals surface area contributed by atoms with Crippen LogP contribution in [0.25, 0.3) is 0 Å². The van der Waals surface area contributed by atoms with Crippen molar-refractivity contribution >= 4 is 11.7 Å². The zero-order chi connectivity index (χ0) is 22.7. The van der Waals surface area contributed by atoms with Crippen LogP contribution in [-0.2, 0) is 11.3 Å². The molecule has 1 unspecified atom stereocenters. The molecule has 32 heavy (non-hydrogen) atoms. The number of benzene rings is 1. The van der Waals surface area contributed by atoms with Crippen molar-refractivity contribution in [2.75, 3.05) is 20.8 Å². The maximum atomic E-state index is 13.2. The molecule has 9 heteroatoms. The topological polar surface area (TPSA) is 107 Å². The predicted molar refractivity (Wildman–Crippen MR) is 114 cm³/mol. The van der Waals surface area contributed by atoms with E-state index in [1.807, 2.05) is 10.8 Å². The maximum absolute atomic E-state index is 13.2. The Kier molecular flexibility index (Phi) is 5.98. The standard InChI is InChI=1S/C23H23N3O6/c1-30-15-6-7-17(31-2)16(13-15)20-19(21(27)18-5-3-12-32-18)22(28)23(29)26(20)10-4-9-25-11-8-24-14-25/h3,5-8,11-14,20,28H,4,9-10H2,1-2H3. The van der Waals surface area contributed by atoms with Gasteiger partial charge >= 0.3 is 0 Å². The van der Waals surface area contributed by atoms with Crippen LogP contribution in [0.5, 0.6) is 11.5 Å². The number of amides is 1. The van der Waals surface area contributed by atoms with Crippen LogP contribution in [0.1, 0.15) is 28.6 Å². The number of aliphatic hydroxyl groups excluding tert-OH is 1. The van der Waals surface area contributed by atoms with Crippen LogP contribution in [0.15, 0.2) is 71.1 Å². The molecule has 3 heterocycles. The number of aryl methyl sites for hydroxylation is 1. The molecule has 166 valence electrons. The molecule has 2 aromatic heterocycles. The quantitative estimate of drug-likeness (QED) is 0.513. The van der Waals surface area contributed by atoms with E-state index in [4.69, 9.17) is 13.9 Å². The molecule has 1 atom stereocenters. The third-order valence-electron chi connectivity index (χ3n) is 5.40. The summed E-state index contributed by atoms with van der Waals surface area (Å²) in [4.78, 5) is 31.8. The zero-order valence-corrected chi connectivity index (χ0v) is 17.7. The van der Waals surface area contributed by atoms with Gasteiger partial charge in [-0.15, -0.1) is 0 Å². The largest absolute Gasteiger partial charge is 0.503 e. The Bertz CT molecular complexity index is 1130. The average molecular weight is 437 g/mol. The van der Waals surface area contributed by atoms with Gasteiger partial charge in [0, 0.05) is 31.0 Å². The van der Waals surface area contributed by atoms with E-state index in [0.717, 1.165) is 0 Å². The molecule has 1 aromatic carbocycles. The fourth-order valence-corrected chi connectivity index (χ4v) is 3.88. The summed E-state index contributed by atoms with van der Waals surface area (Å²) in [7, 11) is 3.03. The summed E-state index contributed by atoms with van der Waals surface area (Å²) in [6.45, 7) is 0.912. The number of ether oxygens (including phenoxy) is 2. The van der Waals surface area contributed by atoms with Gasteiger partial charge in [-0.1, -0.05) is 0 Å². The van der Waals surface area contributed by atoms with Gasteiger partial charge in [0.25, 0.3) is 5.91 Å². The minimum atomic E-state index is -0.868. The molecular formula is C23H23N3O6. The van der Waals surface area contributed by atoms with Gasteiger partial charge in [0.05, 0.1) is 38.4 Å². The van der Waals surface area contributed by atoms with Crippen LogP contribution in [0, 0.1) is 0 Å². The van der Waals surface area contributed by atoms with Gasteiger partial charge in [-0.2, -0.15) is 0 Å². The van der Waals surface area contributed by atoms with Gasteiger partial charge in [-0.25, -0.2) is 4.98 Å². The van der Waals surface area contributed by atoms with Gasteiger partial charge in [0.1, 0.15) is 11.5 Å². The summed E-state index contributed by atoms with van der Waals surface area (Å²) < 4.78 is 18.0. The Morgan fingerprint density at radius 1 is 1.22 bits per heavy atom. The summed E-state index contributed by atoms with van der Waals surface area (Å²) in [6.07, 6.45) is 7.15. The lowest BCUT2D eigenvalue weighted by molar-refractivity contribution is -0.129. The van der Waals surface area contributed by atoms with Gasteiger partial charge in [-0.05, 0) is 36.8 Å². The Morgan fingerprint density at radius 3 is 2.72 bits per heavy atom. The molecule has 1 amide bonds. The van der Waals surface area contributed by atoms with Gasteiger partial charge in [-0.3, -0.25) is 9.59 Å². The van der Waals surface area contributed by atoms with E-state index in [1.165, 1.54) is 31.4 Å². The van der Waals surface area contributed by atoms with E-state index in [1.54, 1.807) is 36.8 Å². The van der Waals surface area contributed by atoms with Crippen LogP contribution < -0.4 is 9.47 Å². The number of ketones is 1. The van der Waals surface area contributed by atoms with Gasteiger partial charge in [0.2, 0.25) is 5.78 Å². The number of imidazole rings is 1. The van der Waals surface area contributed by atoms with Crippen molar-refractivity contribution in [3.05, 3.63) is 78.0 Å². The molecule has 0 saturated heterocycles. The van der Waals surface area contributed by atoms with Crippen molar-refractivity contribution < 1.29 is 28.6 Å². The zero-order valence-electron chi connectivity index (χ0n) is 17.7. The van der Waals surface area contributed by atoms with Crippen LogP contribution in [-0.4, -0.2) is 52.0 Å². The van der Waals surface area contributed by atoms with Crippen molar-refractivity contribution in [2.24, 2.45) is 0 Å². The van der Waals surface area contributed by atoms with E-state index in [0.29, 0.717) is 36.6 Å². The number of hydrogen-bond acceptors (Lipinski definition) is 7. The number of methoxy groups -OCH3 is 2. The van der Waals surface area contributed by atoms with E-state index in [2.05, 4.69) is 4.98 Å². The normalized spacial score (nSPS) is 16.0. The van der Waals surface area contributed by atoms with Crippen molar-refractivity contribution in [3.63, 3.8) is 0 Å². The Morgan fingerprint density at radius 2 is 2.06 bits per heavy atom. The summed E-state index contributed by atoms with van der Waals surface area (Å²) in [6, 6.07) is 7.33. The van der Waals surface area contributed by atoms with E-state index >= 15 is 0 Å². The molecule has 0 fully saturated rings. The minimum Gasteiger partial charge on any atom is -0.503 e. The van der Waals surface area contributed by atoms with Crippen LogP contribution >= 0.6 is 0 Å². The second-order valence-electron chi connectivity index (χ2n) is 7.23. The maximum Gasteiger partial charge on any atom is 0.290 e. The van der Waals surface area contributed by atoms with Gasteiger partial charge in [0.15, 0.2) is 11.5 Å². The number of aliphatic hydroxyl groups is 1. The number of rotatable bonds is 9. The number of furan rings is 1. The first-order valence-corrected chi connectivity index (χ1v) is 10.0. The van der Waals surface area contributed by atoms with Crippen LogP contribution in [0.3, 0.4) is 0 Å². The first-order valence-electron chi connectivity index (χ1n) is 10.0. The predicted octanol–water partition coefficient (Wildman–Crippen LogP) is 3.16. The number of Topliss-reactive ketones (excluding diaryl/α,β-unsaturated/α-hetero) is 1. The molecule has 0 radical (unpaired) electrons. The summed E-state index contributed by atoms with van der Waals surface area (Å²) >= 11 is 0. The fourth-order valence-electron chi connectivity index (χ4n) is 3.88. The van der Waals surface area contributed by atoms with Crippen LogP contribution in [0.2, 0.25) is 0 Å². The number of carbonyl (C=O) groups excluding carboxylic acids is 2. The Hall–Kier alpha value is -4.01. The van der Waals surface area contributed by atoms with Crippen molar-refractivity contribution in [1.29, 1.82) is 0 Å². The lowest BCUT2D eigenvalue weighted by atomic mass is 9.94. The molecular weight excluding hydrogens is 414 g/mol. The van der Waals surface area contributed by atoms with E-state index in [-0.39, 0.29) is 11.3 Å². The molecule has 4 rings (SSSR count). The summed E-state index contributed by atoms with van der Waals surface area (Å²) in [5, 5.41) is 10.7. The van der Waals surface area contributed by atoms with Crippen molar-refractivity contribution in [3.8, 4) is 11.5 Å². The van der Waals surface area contributed by atoms with Crippen LogP contribution in [0.4, 0.5) is 0 Å². The number of aromatic nitrogens is 2. The molecule has 3 aromatic rings. The Labute approximate surface area is 184 Å². The van der Waals surface area contributed by atoms with Crippen molar-refractivity contribution in [2.45, 2.75) is 19.0 Å². The van der Waals surface area contributed by atoms with E-state index < -0.39 is 23.5 Å². The highest BCUT2D eigenvalue weighted by molar-refractivity contribution is 6.15. The molecule has 1 aliphatic rings. The highest BCUT2D eigenvalue weighted by Crippen LogP contribution is 2.43. The molecule has 0 saturated carbocycles. The smallest absolute Gasteiger partial charge is 0.290 e. The average Bonchev–Trinajstić information content (AvgIpc) is 3.57. The number of nitrogens with zero attached hydrogens (tertiary/aromatic N) is 3. The minimum absolute atomic E-state index is 0.0338. The summed E-state index contributed by atoms with van der Waals surface area (Å²) in [5.41, 5.74) is 0.473. The third-order valence-corrected chi connectivity index (χ3v) is 5.40. The number of carbonyl (C=O) groups is 2. The first kappa shape index (κ1) is 21.2. The van der Waals surface area contributed by atoms with E-state index in [9.17, 15) is 14.7 Å². The molecule has 0 aliphatic carbocycles. The first-order chi connectivity index (χ1) is 15.5. The lowest BCUT2D eigenvalue weighted by Gasteiger charge is -2.28. The lowest BCUT2D eigenvalue weighted by Crippen LogP contribution is -2.32. The second-order valence-corrected chi connectivity index (χ2v) is 7.23. The molecule has 9 nitrogen and oxygen atoms in total. The van der Waals surface area contributed by atoms with Gasteiger partial charge < -0.3 is 28.5 Å². The third kappa shape index (κ3) is 3.84. The summed E-state index contributed by atoms with van der Waals surface area (Å²) in [5.74, 6) is -0.755. The highest BCUT2D eigenvalue weighted by atomic mass is 16.5. The number of hydrogen-bond donors (Lipinski definition) is 1. The fraction of sp³-hybridized carbons (Fsp3) is 0.261. The molecule has 1 aliphatic heterocycles. The Balaban J connectivity index is 1.74. The second kappa shape index (κ2) is 9.01. The SMILES string of the molecule is COc1ccc(OC)c(C2C(C(=O)c3ccco3)=C(O)C(=O)N2CCCn2ccnc2)c1. The van der Waals surface area contributed by atoms with Crippen molar-refractivity contribution in [1.82, 2.24) is 14.5 Å². The molecule has 0 bridgehead atoms. The molecule has 1 N–H and O–H groups in total. The molecule has 0 spiro atoms. The highest BCUT2D eigenvalue weighted by Gasteiger charge is 2.45.